The van der Waals surface area contributed by atoms with Gasteiger partial charge in [-0.1, -0.05) is 32.6 Å². The first kappa shape index (κ1) is 29.2. The first-order valence-electron chi connectivity index (χ1n) is 13.9. The SMILES string of the molecule is C=CC[PH](CCCC)(CCCC)CCCCCCCCCCCCCCCCC. The van der Waals surface area contributed by atoms with E-state index in [2.05, 4.69) is 33.4 Å². The van der Waals surface area contributed by atoms with Crippen molar-refractivity contribution in [2.45, 2.75) is 143 Å². The second-order valence-corrected chi connectivity index (χ2v) is 14.8. The van der Waals surface area contributed by atoms with E-state index < -0.39 is 7.26 Å². The molecular weight excluding hydrogens is 367 g/mol. The summed E-state index contributed by atoms with van der Waals surface area (Å²) in [6, 6.07) is 0. The molecule has 0 radical (unpaired) electrons. The molecule has 0 aliphatic heterocycles. The van der Waals surface area contributed by atoms with Crippen LogP contribution in [0.25, 0.3) is 0 Å². The van der Waals surface area contributed by atoms with Crippen molar-refractivity contribution in [2.24, 2.45) is 0 Å². The van der Waals surface area contributed by atoms with Crippen LogP contribution in [0.4, 0.5) is 0 Å². The molecule has 0 fully saturated rings. The fourth-order valence-corrected chi connectivity index (χ4v) is 10.1. The van der Waals surface area contributed by atoms with Crippen molar-refractivity contribution in [2.75, 3.05) is 24.6 Å². The molecule has 0 nitrogen and oxygen atoms in total. The molecule has 0 heterocycles. The molecule has 0 aliphatic carbocycles. The van der Waals surface area contributed by atoms with Crippen LogP contribution in [-0.4, -0.2) is 24.6 Å². The number of hydrogen-bond acceptors (Lipinski definition) is 0. The van der Waals surface area contributed by atoms with Crippen LogP contribution >= 0.6 is 7.26 Å². The van der Waals surface area contributed by atoms with Crippen molar-refractivity contribution in [3.8, 4) is 0 Å². The molecular formula is C28H59P. The summed E-state index contributed by atoms with van der Waals surface area (Å²) in [4.78, 5) is 0. The minimum Gasteiger partial charge on any atom is -0.0654 e. The Balaban J connectivity index is 3.67. The summed E-state index contributed by atoms with van der Waals surface area (Å²) in [6.07, 6.45) is 36.1. The van der Waals surface area contributed by atoms with E-state index in [9.17, 15) is 0 Å². The summed E-state index contributed by atoms with van der Waals surface area (Å²) in [6.45, 7) is 11.1. The Morgan fingerprint density at radius 3 is 1.10 bits per heavy atom. The molecule has 0 N–H and O–H groups in total. The van der Waals surface area contributed by atoms with Crippen LogP contribution < -0.4 is 0 Å². The summed E-state index contributed by atoms with van der Waals surface area (Å²) in [7, 11) is -1.06. The van der Waals surface area contributed by atoms with E-state index in [0.717, 1.165) is 0 Å². The molecule has 0 atom stereocenters. The molecule has 0 unspecified atom stereocenters. The molecule has 0 saturated carbocycles. The molecule has 0 aromatic carbocycles. The van der Waals surface area contributed by atoms with E-state index in [0.29, 0.717) is 0 Å². The van der Waals surface area contributed by atoms with Crippen LogP contribution in [0.15, 0.2) is 12.7 Å². The number of unbranched alkanes of at least 4 members (excludes halogenated alkanes) is 16. The quantitative estimate of drug-likeness (QED) is 0.0817. The van der Waals surface area contributed by atoms with Gasteiger partial charge in [0.2, 0.25) is 0 Å². The monoisotopic (exact) mass is 426 g/mol. The first-order valence-corrected chi connectivity index (χ1v) is 16.7. The van der Waals surface area contributed by atoms with Gasteiger partial charge in [-0.15, -0.1) is 0 Å². The van der Waals surface area contributed by atoms with Gasteiger partial charge in [0.1, 0.15) is 0 Å². The molecule has 0 aromatic rings. The molecule has 0 rings (SSSR count). The van der Waals surface area contributed by atoms with Crippen molar-refractivity contribution in [1.29, 1.82) is 0 Å². The van der Waals surface area contributed by atoms with Crippen LogP contribution in [-0.2, 0) is 0 Å². The Morgan fingerprint density at radius 2 is 0.759 bits per heavy atom. The van der Waals surface area contributed by atoms with E-state index in [4.69, 9.17) is 0 Å². The molecule has 0 aromatic heterocycles. The van der Waals surface area contributed by atoms with Crippen LogP contribution in [0, 0.1) is 0 Å². The second-order valence-electron chi connectivity index (χ2n) is 9.90. The first-order chi connectivity index (χ1) is 14.2. The predicted octanol–water partition coefficient (Wildman–Crippen LogP) is 10.4. The van der Waals surface area contributed by atoms with Gasteiger partial charge in [0, 0.05) is 0 Å². The minimum atomic E-state index is -1.06. The van der Waals surface area contributed by atoms with Gasteiger partial charge in [-0.25, -0.2) is 0 Å². The van der Waals surface area contributed by atoms with Gasteiger partial charge in [0.25, 0.3) is 0 Å². The minimum absolute atomic E-state index is 1.06. The smallest absolute Gasteiger partial charge is 0.0654 e. The Kier molecular flexibility index (Phi) is 23.0. The third-order valence-corrected chi connectivity index (χ3v) is 12.4. The second kappa shape index (κ2) is 22.8. The molecule has 29 heavy (non-hydrogen) atoms. The Hall–Kier alpha value is 0.170. The zero-order valence-corrected chi connectivity index (χ0v) is 22.0. The zero-order chi connectivity index (χ0) is 21.5. The Bertz CT molecular complexity index is 314. The van der Waals surface area contributed by atoms with Gasteiger partial charge < -0.3 is 0 Å². The fraction of sp³-hybridized carbons (Fsp3) is 0.929. The third-order valence-electron chi connectivity index (χ3n) is 7.01. The third kappa shape index (κ3) is 18.6. The summed E-state index contributed by atoms with van der Waals surface area (Å²) >= 11 is 0. The summed E-state index contributed by atoms with van der Waals surface area (Å²) in [5.41, 5.74) is 0. The normalized spacial score (nSPS) is 12.4. The number of allylic oxidation sites excluding steroid dienone is 1. The molecule has 1 heteroatoms. The van der Waals surface area contributed by atoms with Gasteiger partial charge in [0.05, 0.1) is 0 Å². The van der Waals surface area contributed by atoms with Crippen molar-refractivity contribution >= 4 is 7.26 Å². The summed E-state index contributed by atoms with van der Waals surface area (Å²) in [5.74, 6) is 0. The molecule has 0 saturated heterocycles. The average Bonchev–Trinajstić information content (AvgIpc) is 2.73. The molecule has 0 amide bonds. The van der Waals surface area contributed by atoms with Gasteiger partial charge in [-0.05, 0) is 0 Å². The van der Waals surface area contributed by atoms with E-state index >= 15 is 0 Å². The van der Waals surface area contributed by atoms with Crippen LogP contribution in [0.5, 0.6) is 0 Å². The van der Waals surface area contributed by atoms with Crippen molar-refractivity contribution in [3.05, 3.63) is 12.7 Å². The fourth-order valence-electron chi connectivity index (χ4n) is 4.96. The number of hydrogen-bond donors (Lipinski definition) is 0. The van der Waals surface area contributed by atoms with Gasteiger partial charge in [-0.3, -0.25) is 0 Å². The van der Waals surface area contributed by atoms with Crippen LogP contribution in [0.2, 0.25) is 0 Å². The Labute approximate surface area is 187 Å². The topological polar surface area (TPSA) is 0 Å². The van der Waals surface area contributed by atoms with Crippen molar-refractivity contribution < 1.29 is 0 Å². The Morgan fingerprint density at radius 1 is 0.448 bits per heavy atom. The van der Waals surface area contributed by atoms with E-state index in [1.807, 2.05) is 0 Å². The zero-order valence-electron chi connectivity index (χ0n) is 21.0. The van der Waals surface area contributed by atoms with Gasteiger partial charge >= 0.3 is 155 Å². The van der Waals surface area contributed by atoms with Crippen LogP contribution in [0.1, 0.15) is 143 Å². The van der Waals surface area contributed by atoms with Crippen molar-refractivity contribution in [1.82, 2.24) is 0 Å². The predicted molar refractivity (Wildman–Crippen MR) is 143 cm³/mol. The van der Waals surface area contributed by atoms with Crippen molar-refractivity contribution in [3.63, 3.8) is 0 Å². The molecule has 0 bridgehead atoms. The van der Waals surface area contributed by atoms with Crippen LogP contribution in [0.3, 0.4) is 0 Å². The molecule has 0 aliphatic rings. The maximum atomic E-state index is 4.12. The van der Waals surface area contributed by atoms with E-state index in [1.54, 1.807) is 18.5 Å². The average molecular weight is 427 g/mol. The number of rotatable bonds is 24. The molecule has 0 spiro atoms. The molecule has 176 valence electrons. The van der Waals surface area contributed by atoms with Gasteiger partial charge in [-0.2, -0.15) is 0 Å². The van der Waals surface area contributed by atoms with Gasteiger partial charge in [0.15, 0.2) is 0 Å². The standard InChI is InChI=1S/C28H59P/c1-5-9-12-13-14-15-16-17-18-19-20-21-22-23-24-28-29(25-8-4,26-10-6-2)27-11-7-3/h8,29H,4-7,9-28H2,1-3H3. The van der Waals surface area contributed by atoms with E-state index in [1.165, 1.54) is 128 Å². The maximum absolute atomic E-state index is 4.12. The summed E-state index contributed by atoms with van der Waals surface area (Å²) < 4.78 is 0. The summed E-state index contributed by atoms with van der Waals surface area (Å²) in [5, 5.41) is 0. The van der Waals surface area contributed by atoms with E-state index in [-0.39, 0.29) is 0 Å².